The Kier molecular flexibility index (Phi) is 8.08. The lowest BCUT2D eigenvalue weighted by Gasteiger charge is -2.14. The van der Waals surface area contributed by atoms with Crippen molar-refractivity contribution in [3.05, 3.63) is 57.0 Å². The number of rotatable bonds is 9. The number of thioether (sulfide) groups is 1. The molecular weight excluding hydrogens is 482 g/mol. The van der Waals surface area contributed by atoms with Gasteiger partial charge in [0.1, 0.15) is 10.1 Å². The van der Waals surface area contributed by atoms with Gasteiger partial charge in [-0.15, -0.1) is 0 Å². The van der Waals surface area contributed by atoms with Crippen molar-refractivity contribution in [3.8, 4) is 17.2 Å². The third kappa shape index (κ3) is 5.83. The molecule has 1 fully saturated rings. The maximum atomic E-state index is 12.8. The molecule has 2 amide bonds. The largest absolute Gasteiger partial charge is 0.506 e. The average Bonchev–Trinajstić information content (AvgIpc) is 3.07. The van der Waals surface area contributed by atoms with Gasteiger partial charge >= 0.3 is 0 Å². The quantitative estimate of drug-likeness (QED) is 0.172. The first kappa shape index (κ1) is 25.0. The molecule has 0 bridgehead atoms. The molecule has 34 heavy (non-hydrogen) atoms. The number of benzene rings is 2. The normalized spacial score (nSPS) is 14.4. The Bertz CT molecular complexity index is 1180. The zero-order valence-corrected chi connectivity index (χ0v) is 19.9. The van der Waals surface area contributed by atoms with E-state index < -0.39 is 16.6 Å². The van der Waals surface area contributed by atoms with Crippen LogP contribution in [-0.4, -0.2) is 51.8 Å². The van der Waals surface area contributed by atoms with Crippen LogP contribution in [0.4, 0.5) is 11.4 Å². The molecule has 10 nitrogen and oxygen atoms in total. The van der Waals surface area contributed by atoms with Gasteiger partial charge < -0.3 is 19.9 Å². The summed E-state index contributed by atoms with van der Waals surface area (Å²) in [5, 5.41) is 23.1. The molecule has 0 saturated carbocycles. The van der Waals surface area contributed by atoms with Crippen LogP contribution in [0.2, 0.25) is 0 Å². The number of non-ortho nitro benzene ring substituents is 1. The second-order valence-electron chi connectivity index (χ2n) is 7.06. The molecule has 2 aromatic carbocycles. The number of amides is 2. The number of thiocarbonyl (C=S) groups is 1. The smallest absolute Gasteiger partial charge is 0.273 e. The minimum Gasteiger partial charge on any atom is -0.506 e. The van der Waals surface area contributed by atoms with Crippen LogP contribution >= 0.6 is 24.0 Å². The minimum absolute atomic E-state index is 0.0578. The molecule has 2 aromatic rings. The number of hydrogen-bond donors (Lipinski definition) is 2. The highest BCUT2D eigenvalue weighted by Crippen LogP contribution is 2.35. The van der Waals surface area contributed by atoms with Gasteiger partial charge in [0.05, 0.1) is 35.8 Å². The number of carbonyl (C=O) groups excluding carboxylic acids is 2. The number of methoxy groups -OCH3 is 2. The molecule has 0 radical (unpaired) electrons. The lowest BCUT2D eigenvalue weighted by atomic mass is 10.2. The summed E-state index contributed by atoms with van der Waals surface area (Å²) in [6, 6.07) is 8.69. The highest BCUT2D eigenvalue weighted by Gasteiger charge is 2.31. The summed E-state index contributed by atoms with van der Waals surface area (Å²) >= 11 is 6.50. The van der Waals surface area contributed by atoms with Crippen molar-refractivity contribution in [2.75, 3.05) is 26.1 Å². The number of nitro groups is 1. The van der Waals surface area contributed by atoms with Gasteiger partial charge in [0.15, 0.2) is 11.5 Å². The predicted molar refractivity (Wildman–Crippen MR) is 132 cm³/mol. The highest BCUT2D eigenvalue weighted by atomic mass is 32.2. The van der Waals surface area contributed by atoms with Gasteiger partial charge in [-0.25, -0.2) is 0 Å². The molecule has 0 unspecified atom stereocenters. The van der Waals surface area contributed by atoms with Crippen LogP contribution in [0.25, 0.3) is 6.08 Å². The van der Waals surface area contributed by atoms with Gasteiger partial charge in [-0.3, -0.25) is 24.6 Å². The number of aromatic hydroxyl groups is 1. The number of carbonyl (C=O) groups is 2. The van der Waals surface area contributed by atoms with Crippen LogP contribution in [0.15, 0.2) is 41.3 Å². The van der Waals surface area contributed by atoms with Crippen molar-refractivity contribution < 1.29 is 29.1 Å². The molecule has 12 heteroatoms. The Morgan fingerprint density at radius 2 is 1.97 bits per heavy atom. The van der Waals surface area contributed by atoms with Gasteiger partial charge in [-0.2, -0.15) is 0 Å². The Morgan fingerprint density at radius 1 is 1.24 bits per heavy atom. The first-order valence-corrected chi connectivity index (χ1v) is 11.2. The van der Waals surface area contributed by atoms with Crippen LogP contribution < -0.4 is 14.8 Å². The van der Waals surface area contributed by atoms with E-state index in [1.165, 1.54) is 43.0 Å². The fourth-order valence-electron chi connectivity index (χ4n) is 3.14. The number of phenols is 1. The van der Waals surface area contributed by atoms with Gasteiger partial charge in [0.25, 0.3) is 11.6 Å². The van der Waals surface area contributed by atoms with E-state index in [1.807, 2.05) is 0 Å². The summed E-state index contributed by atoms with van der Waals surface area (Å²) in [7, 11) is 3.07. The molecular formula is C22H21N3O7S2. The SMILES string of the molecule is COc1ccc(/C=C2\SC(=S)N(CCCC(=O)Nc3ccc([N+](=O)[O-])cc3O)C2=O)cc1OC. The summed E-state index contributed by atoms with van der Waals surface area (Å²) in [5.74, 6) is 0.0535. The van der Waals surface area contributed by atoms with Crippen molar-refractivity contribution in [1.29, 1.82) is 0 Å². The van der Waals surface area contributed by atoms with E-state index >= 15 is 0 Å². The van der Waals surface area contributed by atoms with Crippen molar-refractivity contribution in [2.45, 2.75) is 12.8 Å². The van der Waals surface area contributed by atoms with Crippen LogP contribution in [0.1, 0.15) is 18.4 Å². The maximum Gasteiger partial charge on any atom is 0.273 e. The Morgan fingerprint density at radius 3 is 2.62 bits per heavy atom. The fourth-order valence-corrected chi connectivity index (χ4v) is 4.45. The van der Waals surface area contributed by atoms with Gasteiger partial charge in [0.2, 0.25) is 5.91 Å². The molecule has 3 rings (SSSR count). The molecule has 0 atom stereocenters. The van der Waals surface area contributed by atoms with E-state index in [0.717, 1.165) is 11.6 Å². The molecule has 0 aliphatic carbocycles. The molecule has 1 saturated heterocycles. The van der Waals surface area contributed by atoms with E-state index in [1.54, 1.807) is 24.3 Å². The van der Waals surface area contributed by atoms with Crippen molar-refractivity contribution in [2.24, 2.45) is 0 Å². The number of ether oxygens (including phenoxy) is 2. The van der Waals surface area contributed by atoms with Crippen molar-refractivity contribution >= 4 is 57.6 Å². The van der Waals surface area contributed by atoms with Crippen LogP contribution in [-0.2, 0) is 9.59 Å². The lowest BCUT2D eigenvalue weighted by molar-refractivity contribution is -0.384. The van der Waals surface area contributed by atoms with E-state index in [9.17, 15) is 24.8 Å². The summed E-state index contributed by atoms with van der Waals surface area (Å²) in [6.07, 6.45) is 2.10. The number of phenolic OH excluding ortho intramolecular Hbond substituents is 1. The van der Waals surface area contributed by atoms with Crippen LogP contribution in [0.5, 0.6) is 17.2 Å². The molecule has 0 spiro atoms. The Hall–Kier alpha value is -3.64. The predicted octanol–water partition coefficient (Wildman–Crippen LogP) is 3.94. The zero-order valence-electron chi connectivity index (χ0n) is 18.3. The molecule has 1 heterocycles. The van der Waals surface area contributed by atoms with Crippen molar-refractivity contribution in [1.82, 2.24) is 4.90 Å². The lowest BCUT2D eigenvalue weighted by Crippen LogP contribution is -2.29. The van der Waals surface area contributed by atoms with Gasteiger partial charge in [-0.05, 0) is 36.3 Å². The van der Waals surface area contributed by atoms with Gasteiger partial charge in [0, 0.05) is 19.0 Å². The summed E-state index contributed by atoms with van der Waals surface area (Å²) in [4.78, 5) is 37.0. The molecule has 0 aromatic heterocycles. The van der Waals surface area contributed by atoms with E-state index in [0.29, 0.717) is 27.1 Å². The number of hydrogen-bond acceptors (Lipinski definition) is 9. The van der Waals surface area contributed by atoms with E-state index in [-0.39, 0.29) is 30.2 Å². The number of anilines is 1. The second-order valence-corrected chi connectivity index (χ2v) is 8.73. The molecule has 2 N–H and O–H groups in total. The summed E-state index contributed by atoms with van der Waals surface area (Å²) < 4.78 is 10.9. The van der Waals surface area contributed by atoms with Gasteiger partial charge in [-0.1, -0.05) is 30.0 Å². The topological polar surface area (TPSA) is 131 Å². The van der Waals surface area contributed by atoms with Crippen molar-refractivity contribution in [3.63, 3.8) is 0 Å². The van der Waals surface area contributed by atoms with Crippen LogP contribution in [0.3, 0.4) is 0 Å². The molecule has 1 aliphatic heterocycles. The van der Waals surface area contributed by atoms with E-state index in [2.05, 4.69) is 5.32 Å². The maximum absolute atomic E-state index is 12.8. The van der Waals surface area contributed by atoms with Crippen LogP contribution in [0, 0.1) is 10.1 Å². The molecule has 1 aliphatic rings. The number of nitrogens with zero attached hydrogens (tertiary/aromatic N) is 2. The third-order valence-electron chi connectivity index (χ3n) is 4.83. The standard InChI is InChI=1S/C22H21N3O7S2/c1-31-17-8-5-13(10-18(17)32-2)11-19-21(28)24(22(33)34-19)9-3-4-20(27)23-15-7-6-14(25(29)30)12-16(15)26/h5-8,10-12,26H,3-4,9H2,1-2H3,(H,23,27)/b19-11-. The first-order valence-electron chi connectivity index (χ1n) is 9.98. The number of nitro benzene ring substituents is 1. The monoisotopic (exact) mass is 503 g/mol. The van der Waals surface area contributed by atoms with E-state index in [4.69, 9.17) is 21.7 Å². The molecule has 178 valence electrons. The first-order chi connectivity index (χ1) is 16.2. The summed E-state index contributed by atoms with van der Waals surface area (Å²) in [5.41, 5.74) is 0.533. The number of nitrogens with one attached hydrogen (secondary N) is 1. The summed E-state index contributed by atoms with van der Waals surface area (Å²) in [6.45, 7) is 0.244. The fraction of sp³-hybridized carbons (Fsp3) is 0.227. The minimum atomic E-state index is -0.646. The Labute approximate surface area is 204 Å². The highest BCUT2D eigenvalue weighted by molar-refractivity contribution is 8.26. The average molecular weight is 504 g/mol. The third-order valence-corrected chi connectivity index (χ3v) is 6.21. The Balaban J connectivity index is 1.57. The zero-order chi connectivity index (χ0) is 24.8. The second kappa shape index (κ2) is 11.0.